The average molecular weight is 344 g/mol. The normalized spacial score (nSPS) is 20.0. The summed E-state index contributed by atoms with van der Waals surface area (Å²) in [5, 5.41) is 3.20. The first-order valence-electron chi connectivity index (χ1n) is 8.49. The molecule has 0 aliphatic carbocycles. The van der Waals surface area contributed by atoms with Gasteiger partial charge in [0.2, 0.25) is 0 Å². The minimum Gasteiger partial charge on any atom is -0.380 e. The van der Waals surface area contributed by atoms with Crippen LogP contribution in [0.4, 0.5) is 11.6 Å². The Balaban J connectivity index is 1.76. The van der Waals surface area contributed by atoms with E-state index in [2.05, 4.69) is 25.2 Å². The Kier molecular flexibility index (Phi) is 5.28. The minimum absolute atomic E-state index is 0.101. The number of methoxy groups -OCH3 is 1. The van der Waals surface area contributed by atoms with Crippen molar-refractivity contribution in [3.05, 3.63) is 40.8 Å². The molecule has 8 heteroatoms. The topological polar surface area (TPSA) is 85.2 Å². The largest absolute Gasteiger partial charge is 0.380 e. The van der Waals surface area contributed by atoms with Crippen molar-refractivity contribution < 1.29 is 4.74 Å². The van der Waals surface area contributed by atoms with Crippen LogP contribution in [0.15, 0.2) is 29.6 Å². The van der Waals surface area contributed by atoms with Crippen LogP contribution >= 0.6 is 0 Å². The highest BCUT2D eigenvalue weighted by atomic mass is 16.5. The van der Waals surface area contributed by atoms with Gasteiger partial charge in [-0.2, -0.15) is 0 Å². The highest BCUT2D eigenvalue weighted by molar-refractivity contribution is 5.43. The molecule has 134 valence electrons. The van der Waals surface area contributed by atoms with E-state index in [4.69, 9.17) is 4.74 Å². The lowest BCUT2D eigenvalue weighted by atomic mass is 10.2. The van der Waals surface area contributed by atoms with Crippen molar-refractivity contribution in [3.8, 4) is 0 Å². The van der Waals surface area contributed by atoms with Gasteiger partial charge in [0.1, 0.15) is 12.1 Å². The highest BCUT2D eigenvalue weighted by Gasteiger charge is 2.33. The lowest BCUT2D eigenvalue weighted by Crippen LogP contribution is -2.37. The molecule has 1 fully saturated rings. The third-order valence-electron chi connectivity index (χ3n) is 4.55. The third kappa shape index (κ3) is 3.79. The Morgan fingerprint density at radius 1 is 1.36 bits per heavy atom. The van der Waals surface area contributed by atoms with Gasteiger partial charge in [0.25, 0.3) is 5.56 Å². The number of rotatable bonds is 6. The summed E-state index contributed by atoms with van der Waals surface area (Å²) < 4.78 is 7.17. The summed E-state index contributed by atoms with van der Waals surface area (Å²) in [6, 6.07) is 2.13. The molecule has 2 atom stereocenters. The van der Waals surface area contributed by atoms with E-state index in [1.165, 1.54) is 0 Å². The Morgan fingerprint density at radius 2 is 2.20 bits per heavy atom. The SMILES string of the molecule is CCn1ccnc(NC[C@@H]2C[C@H](OC)CN2c2cc(C)ncn2)c1=O. The molecule has 8 nitrogen and oxygen atoms in total. The Bertz CT molecular complexity index is 778. The molecule has 1 aliphatic heterocycles. The first-order valence-corrected chi connectivity index (χ1v) is 8.49. The van der Waals surface area contributed by atoms with Crippen molar-refractivity contribution in [2.75, 3.05) is 30.4 Å². The summed E-state index contributed by atoms with van der Waals surface area (Å²) in [7, 11) is 1.72. The Morgan fingerprint density at radius 3 is 2.92 bits per heavy atom. The second kappa shape index (κ2) is 7.60. The van der Waals surface area contributed by atoms with Gasteiger partial charge in [-0.25, -0.2) is 15.0 Å². The maximum atomic E-state index is 12.3. The van der Waals surface area contributed by atoms with Crippen LogP contribution in [0.3, 0.4) is 0 Å². The molecule has 3 rings (SSSR count). The quantitative estimate of drug-likeness (QED) is 0.839. The van der Waals surface area contributed by atoms with Crippen molar-refractivity contribution in [1.29, 1.82) is 0 Å². The maximum Gasteiger partial charge on any atom is 0.293 e. The summed E-state index contributed by atoms with van der Waals surface area (Å²) >= 11 is 0. The Labute approximate surface area is 146 Å². The number of aryl methyl sites for hydroxylation is 2. The van der Waals surface area contributed by atoms with Crippen molar-refractivity contribution in [1.82, 2.24) is 19.5 Å². The van der Waals surface area contributed by atoms with Crippen LogP contribution in [0, 0.1) is 6.92 Å². The number of nitrogens with one attached hydrogen (secondary N) is 1. The molecule has 2 aromatic rings. The van der Waals surface area contributed by atoms with Crippen LogP contribution in [0.2, 0.25) is 0 Å². The fourth-order valence-corrected chi connectivity index (χ4v) is 3.15. The molecule has 0 radical (unpaired) electrons. The zero-order valence-electron chi connectivity index (χ0n) is 14.8. The molecule has 1 aliphatic rings. The molecule has 0 unspecified atom stereocenters. The van der Waals surface area contributed by atoms with Crippen LogP contribution in [-0.4, -0.2) is 51.9 Å². The number of hydrogen-bond acceptors (Lipinski definition) is 7. The van der Waals surface area contributed by atoms with Crippen LogP contribution in [0.5, 0.6) is 0 Å². The maximum absolute atomic E-state index is 12.3. The second-order valence-corrected chi connectivity index (χ2v) is 6.17. The summed E-state index contributed by atoms with van der Waals surface area (Å²) in [6.45, 7) is 5.87. The molecule has 0 aromatic carbocycles. The summed E-state index contributed by atoms with van der Waals surface area (Å²) in [5.41, 5.74) is 0.823. The molecule has 0 spiro atoms. The van der Waals surface area contributed by atoms with E-state index in [1.54, 1.807) is 30.4 Å². The fourth-order valence-electron chi connectivity index (χ4n) is 3.15. The van der Waals surface area contributed by atoms with Crippen LogP contribution in [-0.2, 0) is 11.3 Å². The van der Waals surface area contributed by atoms with Gasteiger partial charge in [0.05, 0.1) is 12.1 Å². The molecular formula is C17H24N6O2. The van der Waals surface area contributed by atoms with E-state index < -0.39 is 0 Å². The smallest absolute Gasteiger partial charge is 0.293 e. The second-order valence-electron chi connectivity index (χ2n) is 6.17. The molecule has 2 aromatic heterocycles. The third-order valence-corrected chi connectivity index (χ3v) is 4.55. The van der Waals surface area contributed by atoms with E-state index in [0.29, 0.717) is 18.9 Å². The van der Waals surface area contributed by atoms with E-state index in [-0.39, 0.29) is 17.7 Å². The van der Waals surface area contributed by atoms with Crippen LogP contribution in [0.1, 0.15) is 19.0 Å². The average Bonchev–Trinajstić information content (AvgIpc) is 3.04. The summed E-state index contributed by atoms with van der Waals surface area (Å²) in [4.78, 5) is 27.2. The summed E-state index contributed by atoms with van der Waals surface area (Å²) in [5.74, 6) is 1.26. The van der Waals surface area contributed by atoms with Gasteiger partial charge in [-0.3, -0.25) is 4.79 Å². The van der Waals surface area contributed by atoms with E-state index in [1.807, 2.05) is 19.9 Å². The fraction of sp³-hybridized carbons (Fsp3) is 0.529. The molecule has 0 saturated carbocycles. The Hall–Kier alpha value is -2.48. The molecule has 3 heterocycles. The zero-order valence-corrected chi connectivity index (χ0v) is 14.8. The van der Waals surface area contributed by atoms with Crippen molar-refractivity contribution in [2.45, 2.75) is 39.0 Å². The predicted molar refractivity (Wildman–Crippen MR) is 96.0 cm³/mol. The number of hydrogen-bond donors (Lipinski definition) is 1. The van der Waals surface area contributed by atoms with Gasteiger partial charge in [0.15, 0.2) is 5.82 Å². The number of aromatic nitrogens is 4. The van der Waals surface area contributed by atoms with Gasteiger partial charge in [0, 0.05) is 50.9 Å². The van der Waals surface area contributed by atoms with Crippen molar-refractivity contribution in [3.63, 3.8) is 0 Å². The molecule has 0 amide bonds. The first kappa shape index (κ1) is 17.3. The number of anilines is 2. The molecule has 25 heavy (non-hydrogen) atoms. The van der Waals surface area contributed by atoms with Crippen LogP contribution < -0.4 is 15.8 Å². The standard InChI is InChI=1S/C17H24N6O2/c1-4-22-6-5-18-16(17(22)24)19-9-13-8-14(25-3)10-23(13)15-7-12(2)20-11-21-15/h5-7,11,13-14H,4,8-10H2,1-3H3,(H,18,19)/t13-,14-/m0/s1. The highest BCUT2D eigenvalue weighted by Crippen LogP contribution is 2.25. The molecule has 1 saturated heterocycles. The lowest BCUT2D eigenvalue weighted by molar-refractivity contribution is 0.118. The molecule has 1 N–H and O–H groups in total. The van der Waals surface area contributed by atoms with Gasteiger partial charge in [-0.05, 0) is 20.3 Å². The van der Waals surface area contributed by atoms with Crippen molar-refractivity contribution >= 4 is 11.6 Å². The van der Waals surface area contributed by atoms with Gasteiger partial charge in [-0.1, -0.05) is 0 Å². The zero-order chi connectivity index (χ0) is 17.8. The number of ether oxygens (including phenoxy) is 1. The van der Waals surface area contributed by atoms with E-state index in [9.17, 15) is 4.79 Å². The van der Waals surface area contributed by atoms with Crippen molar-refractivity contribution in [2.24, 2.45) is 0 Å². The van der Waals surface area contributed by atoms with Gasteiger partial charge < -0.3 is 19.5 Å². The van der Waals surface area contributed by atoms with Gasteiger partial charge >= 0.3 is 0 Å². The number of nitrogens with zero attached hydrogens (tertiary/aromatic N) is 5. The van der Waals surface area contributed by atoms with E-state index >= 15 is 0 Å². The van der Waals surface area contributed by atoms with Crippen LogP contribution in [0.25, 0.3) is 0 Å². The first-order chi connectivity index (χ1) is 12.1. The summed E-state index contributed by atoms with van der Waals surface area (Å²) in [6.07, 6.45) is 5.92. The molecular weight excluding hydrogens is 320 g/mol. The van der Waals surface area contributed by atoms with E-state index in [0.717, 1.165) is 24.5 Å². The molecule has 0 bridgehead atoms. The van der Waals surface area contributed by atoms with Gasteiger partial charge in [-0.15, -0.1) is 0 Å². The lowest BCUT2D eigenvalue weighted by Gasteiger charge is -2.25. The monoisotopic (exact) mass is 344 g/mol. The minimum atomic E-state index is -0.101. The predicted octanol–water partition coefficient (Wildman–Crippen LogP) is 1.07.